The first-order valence-electron chi connectivity index (χ1n) is 8.86. The Morgan fingerprint density at radius 3 is 2.69 bits per heavy atom. The van der Waals surface area contributed by atoms with Crippen LogP contribution in [0.5, 0.6) is 0 Å². The summed E-state index contributed by atoms with van der Waals surface area (Å²) in [6, 6.07) is 6.21. The number of fused-ring (bicyclic) bond motifs is 2. The van der Waals surface area contributed by atoms with Crippen LogP contribution in [0, 0.1) is 0 Å². The number of rotatable bonds is 2. The molecule has 0 aromatic carbocycles. The lowest BCUT2D eigenvalue weighted by molar-refractivity contribution is -0.157. The minimum Gasteiger partial charge on any atom is -0.383 e. The predicted molar refractivity (Wildman–Crippen MR) is 96.4 cm³/mol. The molecule has 3 aromatic rings. The first-order chi connectivity index (χ1) is 12.5. The molecular formula is C19H21N5O2. The van der Waals surface area contributed by atoms with Gasteiger partial charge in [0.15, 0.2) is 5.79 Å². The molecule has 2 aliphatic rings. The van der Waals surface area contributed by atoms with E-state index in [1.165, 1.54) is 11.9 Å². The number of hydrogen-bond donors (Lipinski definition) is 1. The highest BCUT2D eigenvalue weighted by atomic mass is 16.8. The van der Waals surface area contributed by atoms with Gasteiger partial charge in [-0.3, -0.25) is 4.98 Å². The van der Waals surface area contributed by atoms with Crippen LogP contribution >= 0.6 is 0 Å². The molecule has 3 aromatic heterocycles. The van der Waals surface area contributed by atoms with E-state index in [0.29, 0.717) is 5.82 Å². The lowest BCUT2D eigenvalue weighted by Crippen LogP contribution is -2.27. The Hall–Kier alpha value is -2.51. The Morgan fingerprint density at radius 2 is 1.88 bits per heavy atom. The van der Waals surface area contributed by atoms with Crippen LogP contribution < -0.4 is 5.73 Å². The van der Waals surface area contributed by atoms with Gasteiger partial charge in [-0.05, 0) is 44.0 Å². The van der Waals surface area contributed by atoms with Crippen molar-refractivity contribution in [2.24, 2.45) is 0 Å². The summed E-state index contributed by atoms with van der Waals surface area (Å²) in [6.07, 6.45) is 8.06. The summed E-state index contributed by atoms with van der Waals surface area (Å²) in [5.41, 5.74) is 8.07. The van der Waals surface area contributed by atoms with E-state index in [1.807, 2.05) is 38.5 Å². The fourth-order valence-electron chi connectivity index (χ4n) is 4.42. The first-order valence-corrected chi connectivity index (χ1v) is 8.86. The van der Waals surface area contributed by atoms with E-state index in [9.17, 15) is 0 Å². The Balaban J connectivity index is 1.59. The van der Waals surface area contributed by atoms with Crippen molar-refractivity contribution >= 4 is 16.9 Å². The molecule has 1 saturated carbocycles. The second-order valence-electron chi connectivity index (χ2n) is 7.47. The summed E-state index contributed by atoms with van der Waals surface area (Å²) in [5, 5.41) is 0.870. The monoisotopic (exact) mass is 351 g/mol. The lowest BCUT2D eigenvalue weighted by atomic mass is 9.96. The van der Waals surface area contributed by atoms with E-state index in [4.69, 9.17) is 15.2 Å². The molecule has 134 valence electrons. The SMILES string of the molecule is CC1(C)O[C@@H]2[C@H](O1)[C@@H](c1ccncc1)C[C@H]2n1ccc2c(N)ncnc21. The molecule has 0 spiro atoms. The van der Waals surface area contributed by atoms with Crippen molar-refractivity contribution in [1.82, 2.24) is 19.5 Å². The zero-order chi connectivity index (χ0) is 17.9. The van der Waals surface area contributed by atoms with Crippen LogP contribution in [-0.2, 0) is 9.47 Å². The molecular weight excluding hydrogens is 330 g/mol. The number of hydrogen-bond acceptors (Lipinski definition) is 6. The molecule has 0 unspecified atom stereocenters. The zero-order valence-corrected chi connectivity index (χ0v) is 14.7. The molecule has 1 saturated heterocycles. The number of anilines is 1. The van der Waals surface area contributed by atoms with Crippen LogP contribution in [0.15, 0.2) is 43.1 Å². The van der Waals surface area contributed by atoms with Crippen molar-refractivity contribution in [1.29, 1.82) is 0 Å². The van der Waals surface area contributed by atoms with Gasteiger partial charge in [-0.15, -0.1) is 0 Å². The van der Waals surface area contributed by atoms with Crippen LogP contribution in [0.2, 0.25) is 0 Å². The number of nitrogen functional groups attached to an aromatic ring is 1. The van der Waals surface area contributed by atoms with Gasteiger partial charge in [0.1, 0.15) is 23.9 Å². The van der Waals surface area contributed by atoms with Crippen LogP contribution in [0.3, 0.4) is 0 Å². The standard InChI is InChI=1S/C19H21N5O2/c1-19(2)25-15-13(11-3-6-21-7-4-11)9-14(16(15)26-19)24-8-5-12-17(20)22-10-23-18(12)24/h3-8,10,13-16H,9H2,1-2H3,(H2,20,22,23)/t13-,14-,15-,16+/m1/s1. The molecule has 0 bridgehead atoms. The molecule has 4 heterocycles. The van der Waals surface area contributed by atoms with Gasteiger partial charge in [0.25, 0.3) is 0 Å². The third kappa shape index (κ3) is 2.31. The molecule has 5 rings (SSSR count). The van der Waals surface area contributed by atoms with Crippen molar-refractivity contribution in [3.05, 3.63) is 48.7 Å². The normalized spacial score (nSPS) is 29.9. The van der Waals surface area contributed by atoms with Crippen LogP contribution in [0.4, 0.5) is 5.82 Å². The largest absolute Gasteiger partial charge is 0.383 e. The van der Waals surface area contributed by atoms with Gasteiger partial charge in [0.05, 0.1) is 17.5 Å². The van der Waals surface area contributed by atoms with E-state index in [-0.39, 0.29) is 24.2 Å². The molecule has 7 heteroatoms. The van der Waals surface area contributed by atoms with Crippen molar-refractivity contribution in [3.8, 4) is 0 Å². The maximum Gasteiger partial charge on any atom is 0.163 e. The summed E-state index contributed by atoms with van der Waals surface area (Å²) < 4.78 is 14.8. The van der Waals surface area contributed by atoms with E-state index in [1.54, 1.807) is 0 Å². The molecule has 0 radical (unpaired) electrons. The third-order valence-electron chi connectivity index (χ3n) is 5.47. The summed E-state index contributed by atoms with van der Waals surface area (Å²) in [6.45, 7) is 3.94. The number of nitrogens with zero attached hydrogens (tertiary/aromatic N) is 4. The van der Waals surface area contributed by atoms with Gasteiger partial charge in [-0.1, -0.05) is 0 Å². The van der Waals surface area contributed by atoms with E-state index in [0.717, 1.165) is 17.5 Å². The van der Waals surface area contributed by atoms with Crippen molar-refractivity contribution < 1.29 is 9.47 Å². The van der Waals surface area contributed by atoms with Crippen LogP contribution in [0.25, 0.3) is 11.0 Å². The summed E-state index contributed by atoms with van der Waals surface area (Å²) in [7, 11) is 0. The molecule has 4 atom stereocenters. The Kier molecular flexibility index (Phi) is 3.32. The molecule has 0 amide bonds. The molecule has 26 heavy (non-hydrogen) atoms. The molecule has 7 nitrogen and oxygen atoms in total. The second kappa shape index (κ2) is 5.49. The quantitative estimate of drug-likeness (QED) is 0.764. The van der Waals surface area contributed by atoms with Crippen molar-refractivity contribution in [2.45, 2.75) is 50.2 Å². The minimum atomic E-state index is -0.601. The maximum atomic E-state index is 6.31. The average molecular weight is 351 g/mol. The highest BCUT2D eigenvalue weighted by Gasteiger charge is 2.55. The predicted octanol–water partition coefficient (Wildman–Crippen LogP) is 2.66. The van der Waals surface area contributed by atoms with E-state index in [2.05, 4.69) is 31.7 Å². The Bertz CT molecular complexity index is 955. The van der Waals surface area contributed by atoms with E-state index < -0.39 is 5.79 Å². The molecule has 1 aliphatic heterocycles. The molecule has 1 aliphatic carbocycles. The summed E-state index contributed by atoms with van der Waals surface area (Å²) >= 11 is 0. The highest BCUT2D eigenvalue weighted by Crippen LogP contribution is 2.51. The van der Waals surface area contributed by atoms with Crippen LogP contribution in [0.1, 0.15) is 37.8 Å². The molecule has 2 fully saturated rings. The highest BCUT2D eigenvalue weighted by molar-refractivity contribution is 5.86. The first kappa shape index (κ1) is 15.7. The third-order valence-corrected chi connectivity index (χ3v) is 5.47. The maximum absolute atomic E-state index is 6.31. The van der Waals surface area contributed by atoms with Crippen LogP contribution in [-0.4, -0.2) is 37.5 Å². The summed E-state index contributed by atoms with van der Waals surface area (Å²) in [5.74, 6) is 0.139. The number of pyridine rings is 1. The fourth-order valence-corrected chi connectivity index (χ4v) is 4.42. The van der Waals surface area contributed by atoms with Crippen molar-refractivity contribution in [3.63, 3.8) is 0 Å². The number of nitrogens with two attached hydrogens (primary N) is 1. The Labute approximate surface area is 151 Å². The topological polar surface area (TPSA) is 88.1 Å². The molecule has 2 N–H and O–H groups in total. The lowest BCUT2D eigenvalue weighted by Gasteiger charge is -2.24. The number of ether oxygens (including phenoxy) is 2. The second-order valence-corrected chi connectivity index (χ2v) is 7.47. The Morgan fingerprint density at radius 1 is 1.12 bits per heavy atom. The van der Waals surface area contributed by atoms with E-state index >= 15 is 0 Å². The van der Waals surface area contributed by atoms with Gasteiger partial charge >= 0.3 is 0 Å². The van der Waals surface area contributed by atoms with Gasteiger partial charge in [0, 0.05) is 24.5 Å². The van der Waals surface area contributed by atoms with Gasteiger partial charge in [-0.25, -0.2) is 9.97 Å². The zero-order valence-electron chi connectivity index (χ0n) is 14.7. The average Bonchev–Trinajstić information content (AvgIpc) is 3.27. The van der Waals surface area contributed by atoms with Gasteiger partial charge in [0.2, 0.25) is 0 Å². The van der Waals surface area contributed by atoms with Gasteiger partial charge < -0.3 is 19.8 Å². The summed E-state index contributed by atoms with van der Waals surface area (Å²) in [4.78, 5) is 12.7. The van der Waals surface area contributed by atoms with Crippen molar-refractivity contribution in [2.75, 3.05) is 5.73 Å². The fraction of sp³-hybridized carbons (Fsp3) is 0.421. The number of aromatic nitrogens is 4. The van der Waals surface area contributed by atoms with Gasteiger partial charge in [-0.2, -0.15) is 0 Å². The minimum absolute atomic E-state index is 0.00552. The smallest absolute Gasteiger partial charge is 0.163 e.